The Morgan fingerprint density at radius 1 is 1.57 bits per heavy atom. The number of ether oxygens (including phenoxy) is 1. The first kappa shape index (κ1) is 10.1. The summed E-state index contributed by atoms with van der Waals surface area (Å²) in [6, 6.07) is 3.88. The van der Waals surface area contributed by atoms with Crippen molar-refractivity contribution in [1.29, 1.82) is 0 Å². The van der Waals surface area contributed by atoms with Crippen LogP contribution < -0.4 is 0 Å². The Hall–Kier alpha value is -0.450. The molecule has 4 heteroatoms. The maximum Gasteiger partial charge on any atom is 0.104 e. The summed E-state index contributed by atoms with van der Waals surface area (Å²) in [5.41, 5.74) is 0.907. The second-order valence-corrected chi connectivity index (χ2v) is 4.34. The van der Waals surface area contributed by atoms with E-state index in [4.69, 9.17) is 9.84 Å². The van der Waals surface area contributed by atoms with Crippen molar-refractivity contribution in [2.75, 3.05) is 13.2 Å². The Kier molecular flexibility index (Phi) is 3.15. The van der Waals surface area contributed by atoms with Crippen LogP contribution in [0.2, 0.25) is 0 Å². The lowest BCUT2D eigenvalue weighted by Gasteiger charge is -2.15. The number of nitrogens with zero attached hydrogens (tertiary/aromatic N) is 1. The molecule has 14 heavy (non-hydrogen) atoms. The Morgan fingerprint density at radius 3 is 3.07 bits per heavy atom. The molecule has 2 unspecified atom stereocenters. The first-order valence-electron chi connectivity index (χ1n) is 4.65. The van der Waals surface area contributed by atoms with Crippen LogP contribution in [0.5, 0.6) is 0 Å². The number of aliphatic hydroxyl groups is 1. The van der Waals surface area contributed by atoms with Crippen molar-refractivity contribution in [3.63, 3.8) is 0 Å². The van der Waals surface area contributed by atoms with Crippen molar-refractivity contribution in [1.82, 2.24) is 4.98 Å². The van der Waals surface area contributed by atoms with Crippen LogP contribution in [-0.2, 0) is 4.74 Å². The highest BCUT2D eigenvalue weighted by Gasteiger charge is 2.29. The Bertz CT molecular complexity index is 301. The van der Waals surface area contributed by atoms with Crippen molar-refractivity contribution in [2.24, 2.45) is 5.92 Å². The Labute approximate surface area is 91.2 Å². The third-order valence-electron chi connectivity index (χ3n) is 2.49. The molecule has 0 radical (unpaired) electrons. The molecule has 1 aliphatic heterocycles. The van der Waals surface area contributed by atoms with Gasteiger partial charge in [-0.05, 0) is 34.5 Å². The molecule has 2 heterocycles. The Balaban J connectivity index is 2.17. The van der Waals surface area contributed by atoms with Crippen LogP contribution >= 0.6 is 15.9 Å². The summed E-state index contributed by atoms with van der Waals surface area (Å²) in [4.78, 5) is 4.28. The van der Waals surface area contributed by atoms with Crippen LogP contribution in [0.25, 0.3) is 0 Å². The molecule has 2 atom stereocenters. The molecule has 2 rings (SSSR count). The fourth-order valence-corrected chi connectivity index (χ4v) is 1.94. The van der Waals surface area contributed by atoms with Gasteiger partial charge in [-0.15, -0.1) is 0 Å². The molecule has 1 saturated heterocycles. The van der Waals surface area contributed by atoms with Gasteiger partial charge in [0.15, 0.2) is 0 Å². The van der Waals surface area contributed by atoms with Gasteiger partial charge in [-0.25, -0.2) is 0 Å². The minimum absolute atomic E-state index is 0.0342. The molecular formula is C10H12BrNO2. The van der Waals surface area contributed by atoms with Crippen LogP contribution in [0, 0.1) is 5.92 Å². The number of hydrogen-bond donors (Lipinski definition) is 1. The molecule has 1 N–H and O–H groups in total. The van der Waals surface area contributed by atoms with Crippen molar-refractivity contribution in [3.8, 4) is 0 Å². The van der Waals surface area contributed by atoms with E-state index >= 15 is 0 Å². The maximum atomic E-state index is 9.14. The maximum absolute atomic E-state index is 9.14. The van der Waals surface area contributed by atoms with Crippen LogP contribution in [-0.4, -0.2) is 23.3 Å². The van der Waals surface area contributed by atoms with E-state index in [1.54, 1.807) is 6.20 Å². The second-order valence-electron chi connectivity index (χ2n) is 3.42. The van der Waals surface area contributed by atoms with Gasteiger partial charge < -0.3 is 9.84 Å². The van der Waals surface area contributed by atoms with Crippen molar-refractivity contribution in [2.45, 2.75) is 12.5 Å². The second kappa shape index (κ2) is 4.38. The molecule has 0 amide bonds. The molecule has 0 aromatic carbocycles. The minimum Gasteiger partial charge on any atom is -0.396 e. The summed E-state index contributed by atoms with van der Waals surface area (Å²) in [5.74, 6) is 0.198. The van der Waals surface area contributed by atoms with Crippen LogP contribution in [0.3, 0.4) is 0 Å². The molecule has 0 spiro atoms. The summed E-state index contributed by atoms with van der Waals surface area (Å²) in [7, 11) is 0. The minimum atomic E-state index is -0.0342. The number of pyridine rings is 1. The van der Waals surface area contributed by atoms with E-state index in [2.05, 4.69) is 20.9 Å². The number of aromatic nitrogens is 1. The number of hydrogen-bond acceptors (Lipinski definition) is 3. The smallest absolute Gasteiger partial charge is 0.104 e. The normalized spacial score (nSPS) is 26.7. The topological polar surface area (TPSA) is 42.4 Å². The average Bonchev–Trinajstić information content (AvgIpc) is 2.67. The molecular weight excluding hydrogens is 246 g/mol. The van der Waals surface area contributed by atoms with Gasteiger partial charge in [0.1, 0.15) is 6.10 Å². The quantitative estimate of drug-likeness (QED) is 0.881. The summed E-state index contributed by atoms with van der Waals surface area (Å²) in [6.07, 6.45) is 2.64. The average molecular weight is 258 g/mol. The predicted octanol–water partition coefficient (Wildman–Crippen LogP) is 1.91. The third kappa shape index (κ3) is 1.97. The summed E-state index contributed by atoms with van der Waals surface area (Å²) < 4.78 is 6.50. The summed E-state index contributed by atoms with van der Waals surface area (Å²) in [5, 5.41) is 9.14. The van der Waals surface area contributed by atoms with Gasteiger partial charge >= 0.3 is 0 Å². The molecule has 1 aromatic rings. The van der Waals surface area contributed by atoms with E-state index in [9.17, 15) is 0 Å². The zero-order valence-electron chi connectivity index (χ0n) is 7.69. The fraction of sp³-hybridized carbons (Fsp3) is 0.500. The van der Waals surface area contributed by atoms with Crippen molar-refractivity contribution >= 4 is 15.9 Å². The molecule has 0 bridgehead atoms. The van der Waals surface area contributed by atoms with Crippen molar-refractivity contribution < 1.29 is 9.84 Å². The van der Waals surface area contributed by atoms with Crippen molar-refractivity contribution in [3.05, 3.63) is 28.5 Å². The lowest BCUT2D eigenvalue weighted by molar-refractivity contribution is 0.0689. The van der Waals surface area contributed by atoms with Gasteiger partial charge in [0.05, 0.1) is 5.69 Å². The zero-order chi connectivity index (χ0) is 9.97. The lowest BCUT2D eigenvalue weighted by Crippen LogP contribution is -2.12. The van der Waals surface area contributed by atoms with E-state index in [0.717, 1.165) is 16.6 Å². The van der Waals surface area contributed by atoms with Gasteiger partial charge in [0.25, 0.3) is 0 Å². The van der Waals surface area contributed by atoms with Crippen LogP contribution in [0.15, 0.2) is 22.8 Å². The molecule has 76 valence electrons. The molecule has 0 aliphatic carbocycles. The third-order valence-corrected chi connectivity index (χ3v) is 2.96. The van der Waals surface area contributed by atoms with E-state index in [-0.39, 0.29) is 18.6 Å². The van der Waals surface area contributed by atoms with Gasteiger partial charge in [-0.1, -0.05) is 0 Å². The predicted molar refractivity (Wildman–Crippen MR) is 55.8 cm³/mol. The number of aliphatic hydroxyl groups excluding tert-OH is 1. The zero-order valence-corrected chi connectivity index (χ0v) is 9.27. The van der Waals surface area contributed by atoms with Gasteiger partial charge in [0.2, 0.25) is 0 Å². The van der Waals surface area contributed by atoms with Crippen LogP contribution in [0.1, 0.15) is 18.2 Å². The van der Waals surface area contributed by atoms with Gasteiger partial charge in [-0.3, -0.25) is 4.98 Å². The van der Waals surface area contributed by atoms with E-state index < -0.39 is 0 Å². The molecule has 1 aromatic heterocycles. The molecule has 3 nitrogen and oxygen atoms in total. The first-order chi connectivity index (χ1) is 6.81. The van der Waals surface area contributed by atoms with E-state index in [1.165, 1.54) is 0 Å². The largest absolute Gasteiger partial charge is 0.396 e. The molecule has 1 fully saturated rings. The SMILES string of the molecule is OCC1CCOC1c1ccc(Br)cn1. The van der Waals surface area contributed by atoms with Crippen LogP contribution in [0.4, 0.5) is 0 Å². The summed E-state index contributed by atoms with van der Waals surface area (Å²) >= 11 is 3.33. The highest BCUT2D eigenvalue weighted by Crippen LogP contribution is 2.33. The fourth-order valence-electron chi connectivity index (χ4n) is 1.70. The molecule has 0 saturated carbocycles. The van der Waals surface area contributed by atoms with Gasteiger partial charge in [-0.2, -0.15) is 0 Å². The Morgan fingerprint density at radius 2 is 2.43 bits per heavy atom. The monoisotopic (exact) mass is 257 g/mol. The van der Waals surface area contributed by atoms with E-state index in [0.29, 0.717) is 6.61 Å². The standard InChI is InChI=1S/C10H12BrNO2/c11-8-1-2-9(12-5-8)10-7(6-13)3-4-14-10/h1-2,5,7,10,13H,3-4,6H2. The molecule has 1 aliphatic rings. The number of rotatable bonds is 2. The van der Waals surface area contributed by atoms with E-state index in [1.807, 2.05) is 12.1 Å². The highest BCUT2D eigenvalue weighted by atomic mass is 79.9. The van der Waals surface area contributed by atoms with Gasteiger partial charge in [0, 0.05) is 29.8 Å². The lowest BCUT2D eigenvalue weighted by atomic mass is 10.00. The highest BCUT2D eigenvalue weighted by molar-refractivity contribution is 9.10. The summed E-state index contributed by atoms with van der Waals surface area (Å²) in [6.45, 7) is 0.885. The first-order valence-corrected chi connectivity index (χ1v) is 5.44. The number of halogens is 1.